The lowest BCUT2D eigenvalue weighted by molar-refractivity contribution is -0.115. The van der Waals surface area contributed by atoms with Crippen LogP contribution in [0.15, 0.2) is 47.4 Å². The van der Waals surface area contributed by atoms with Crippen molar-refractivity contribution in [3.8, 4) is 5.75 Å². The summed E-state index contributed by atoms with van der Waals surface area (Å²) in [7, 11) is 1.56. The van der Waals surface area contributed by atoms with Crippen LogP contribution in [0.4, 0.5) is 11.4 Å². The van der Waals surface area contributed by atoms with E-state index in [0.717, 1.165) is 6.42 Å². The monoisotopic (exact) mass is 300 g/mol. The van der Waals surface area contributed by atoms with E-state index in [1.807, 2.05) is 12.1 Å². The highest BCUT2D eigenvalue weighted by molar-refractivity contribution is 8.01. The van der Waals surface area contributed by atoms with E-state index in [9.17, 15) is 4.79 Å². The van der Waals surface area contributed by atoms with Crippen LogP contribution in [-0.2, 0) is 11.2 Å². The van der Waals surface area contributed by atoms with Gasteiger partial charge in [-0.1, -0.05) is 18.2 Å². The Morgan fingerprint density at radius 1 is 1.33 bits per heavy atom. The molecule has 0 radical (unpaired) electrons. The minimum atomic E-state index is -0.0917. The van der Waals surface area contributed by atoms with E-state index in [1.165, 1.54) is 10.5 Å². The van der Waals surface area contributed by atoms with Gasteiger partial charge in [0.05, 0.1) is 18.0 Å². The van der Waals surface area contributed by atoms with E-state index < -0.39 is 0 Å². The molecule has 0 spiro atoms. The summed E-state index contributed by atoms with van der Waals surface area (Å²) >= 11 is 1.61. The quantitative estimate of drug-likeness (QED) is 0.855. The standard InChI is InChI=1S/C16H16N2O2S/c1-20-13-9-11(6-7-12(13)17)18-16(19)15-8-10-4-2-3-5-14(10)21-15/h2-7,9,15H,8,17H2,1H3,(H,18,19). The van der Waals surface area contributed by atoms with Crippen LogP contribution >= 0.6 is 11.8 Å². The zero-order chi connectivity index (χ0) is 14.8. The lowest BCUT2D eigenvalue weighted by Crippen LogP contribution is -2.24. The highest BCUT2D eigenvalue weighted by Crippen LogP contribution is 2.37. The number of rotatable bonds is 3. The molecule has 1 atom stereocenters. The van der Waals surface area contributed by atoms with Gasteiger partial charge in [0.2, 0.25) is 5.91 Å². The number of hydrogen-bond acceptors (Lipinski definition) is 4. The SMILES string of the molecule is COc1cc(NC(=O)C2Cc3ccccc3S2)ccc1N. The topological polar surface area (TPSA) is 64.3 Å². The number of fused-ring (bicyclic) bond motifs is 1. The Hall–Kier alpha value is -2.14. The normalized spacial score (nSPS) is 16.3. The molecule has 1 heterocycles. The lowest BCUT2D eigenvalue weighted by Gasteiger charge is -2.12. The summed E-state index contributed by atoms with van der Waals surface area (Å²) in [4.78, 5) is 13.6. The van der Waals surface area contributed by atoms with Crippen molar-refractivity contribution in [2.75, 3.05) is 18.2 Å². The fraction of sp³-hybridized carbons (Fsp3) is 0.188. The van der Waals surface area contributed by atoms with E-state index >= 15 is 0 Å². The van der Waals surface area contributed by atoms with Crippen molar-refractivity contribution in [3.63, 3.8) is 0 Å². The summed E-state index contributed by atoms with van der Waals surface area (Å²) in [5.74, 6) is 0.568. The number of methoxy groups -OCH3 is 1. The number of nitrogens with one attached hydrogen (secondary N) is 1. The van der Waals surface area contributed by atoms with Crippen molar-refractivity contribution in [3.05, 3.63) is 48.0 Å². The predicted octanol–water partition coefficient (Wildman–Crippen LogP) is 2.93. The molecule has 21 heavy (non-hydrogen) atoms. The van der Waals surface area contributed by atoms with E-state index in [1.54, 1.807) is 37.1 Å². The van der Waals surface area contributed by atoms with Gasteiger partial charge in [0.25, 0.3) is 0 Å². The molecular formula is C16H16N2O2S. The third kappa shape index (κ3) is 2.83. The molecule has 0 aliphatic carbocycles. The molecule has 0 fully saturated rings. The van der Waals surface area contributed by atoms with Crippen LogP contribution in [0.25, 0.3) is 0 Å². The molecule has 2 aromatic rings. The molecule has 0 saturated heterocycles. The Kier molecular flexibility index (Phi) is 3.75. The van der Waals surface area contributed by atoms with Gasteiger partial charge in [-0.15, -0.1) is 11.8 Å². The molecule has 0 aromatic heterocycles. The minimum Gasteiger partial charge on any atom is -0.495 e. The van der Waals surface area contributed by atoms with E-state index in [4.69, 9.17) is 10.5 Å². The van der Waals surface area contributed by atoms with Crippen LogP contribution < -0.4 is 15.8 Å². The first-order chi connectivity index (χ1) is 10.2. The van der Waals surface area contributed by atoms with Crippen molar-refractivity contribution in [2.24, 2.45) is 0 Å². The Morgan fingerprint density at radius 2 is 2.14 bits per heavy atom. The van der Waals surface area contributed by atoms with Crippen molar-refractivity contribution < 1.29 is 9.53 Å². The smallest absolute Gasteiger partial charge is 0.238 e. The van der Waals surface area contributed by atoms with Crippen LogP contribution in [0.1, 0.15) is 5.56 Å². The molecule has 108 valence electrons. The maximum atomic E-state index is 12.4. The van der Waals surface area contributed by atoms with Crippen molar-refractivity contribution in [1.82, 2.24) is 0 Å². The van der Waals surface area contributed by atoms with Gasteiger partial charge in [0.15, 0.2) is 0 Å². The Morgan fingerprint density at radius 3 is 2.90 bits per heavy atom. The van der Waals surface area contributed by atoms with Crippen molar-refractivity contribution in [1.29, 1.82) is 0 Å². The van der Waals surface area contributed by atoms with Gasteiger partial charge in [-0.25, -0.2) is 0 Å². The fourth-order valence-corrected chi connectivity index (χ4v) is 3.54. The van der Waals surface area contributed by atoms with Gasteiger partial charge in [0, 0.05) is 16.6 Å². The molecule has 3 N–H and O–H groups in total. The van der Waals surface area contributed by atoms with Crippen molar-refractivity contribution in [2.45, 2.75) is 16.6 Å². The average Bonchev–Trinajstić information content (AvgIpc) is 2.93. The Bertz CT molecular complexity index is 663. The van der Waals surface area contributed by atoms with E-state index in [-0.39, 0.29) is 11.2 Å². The molecule has 1 aliphatic rings. The molecule has 1 amide bonds. The zero-order valence-electron chi connectivity index (χ0n) is 11.6. The molecule has 5 heteroatoms. The Labute approximate surface area is 127 Å². The number of thioether (sulfide) groups is 1. The van der Waals surface area contributed by atoms with Crippen LogP contribution in [0.3, 0.4) is 0 Å². The highest BCUT2D eigenvalue weighted by Gasteiger charge is 2.28. The summed E-state index contributed by atoms with van der Waals surface area (Å²) < 4.78 is 5.16. The maximum absolute atomic E-state index is 12.4. The molecule has 4 nitrogen and oxygen atoms in total. The molecule has 0 bridgehead atoms. The molecular weight excluding hydrogens is 284 g/mol. The summed E-state index contributed by atoms with van der Waals surface area (Å²) in [6.07, 6.45) is 0.763. The molecule has 1 aliphatic heterocycles. The van der Waals surface area contributed by atoms with Crippen molar-refractivity contribution >= 4 is 29.0 Å². The molecule has 1 unspecified atom stereocenters. The predicted molar refractivity (Wildman–Crippen MR) is 85.8 cm³/mol. The molecule has 2 aromatic carbocycles. The van der Waals surface area contributed by atoms with Gasteiger partial charge in [0.1, 0.15) is 5.75 Å². The number of anilines is 2. The first-order valence-electron chi connectivity index (χ1n) is 6.66. The first kappa shape index (κ1) is 13.8. The third-order valence-electron chi connectivity index (χ3n) is 3.44. The van der Waals surface area contributed by atoms with Gasteiger partial charge in [-0.05, 0) is 30.2 Å². The second-order valence-corrected chi connectivity index (χ2v) is 6.11. The number of hydrogen-bond donors (Lipinski definition) is 2. The summed E-state index contributed by atoms with van der Waals surface area (Å²) in [6.45, 7) is 0. The summed E-state index contributed by atoms with van der Waals surface area (Å²) in [6, 6.07) is 13.4. The second kappa shape index (κ2) is 5.69. The zero-order valence-corrected chi connectivity index (χ0v) is 12.4. The number of nitrogen functional groups attached to an aromatic ring is 1. The fourth-order valence-electron chi connectivity index (χ4n) is 2.34. The second-order valence-electron chi connectivity index (χ2n) is 4.86. The van der Waals surface area contributed by atoms with Crippen LogP contribution in [0, 0.1) is 0 Å². The van der Waals surface area contributed by atoms with E-state index in [0.29, 0.717) is 17.1 Å². The largest absolute Gasteiger partial charge is 0.495 e. The number of carbonyl (C=O) groups excluding carboxylic acids is 1. The van der Waals surface area contributed by atoms with Gasteiger partial charge < -0.3 is 15.8 Å². The lowest BCUT2D eigenvalue weighted by atomic mass is 10.1. The average molecular weight is 300 g/mol. The van der Waals surface area contributed by atoms with Crippen LogP contribution in [0.5, 0.6) is 5.75 Å². The van der Waals surface area contributed by atoms with Crippen LogP contribution in [-0.4, -0.2) is 18.3 Å². The number of benzene rings is 2. The van der Waals surface area contributed by atoms with Gasteiger partial charge in [-0.2, -0.15) is 0 Å². The van der Waals surface area contributed by atoms with Crippen LogP contribution in [0.2, 0.25) is 0 Å². The maximum Gasteiger partial charge on any atom is 0.238 e. The number of carbonyl (C=O) groups is 1. The number of nitrogens with two attached hydrogens (primary N) is 1. The minimum absolute atomic E-state index is 0.00280. The number of amides is 1. The van der Waals surface area contributed by atoms with Gasteiger partial charge in [-0.3, -0.25) is 4.79 Å². The number of ether oxygens (including phenoxy) is 1. The van der Waals surface area contributed by atoms with E-state index in [2.05, 4.69) is 17.4 Å². The summed E-state index contributed by atoms with van der Waals surface area (Å²) in [5, 5.41) is 2.83. The Balaban J connectivity index is 1.71. The molecule has 0 saturated carbocycles. The summed E-state index contributed by atoms with van der Waals surface area (Å²) in [5.41, 5.74) is 8.25. The van der Waals surface area contributed by atoms with Gasteiger partial charge >= 0.3 is 0 Å². The molecule has 3 rings (SSSR count). The third-order valence-corrected chi connectivity index (χ3v) is 4.76. The first-order valence-corrected chi connectivity index (χ1v) is 7.54. The highest BCUT2D eigenvalue weighted by atomic mass is 32.2.